The predicted octanol–water partition coefficient (Wildman–Crippen LogP) is 3.68. The summed E-state index contributed by atoms with van der Waals surface area (Å²) >= 11 is 2.12. The van der Waals surface area contributed by atoms with Crippen LogP contribution in [0.15, 0.2) is 30.3 Å². The summed E-state index contributed by atoms with van der Waals surface area (Å²) in [5, 5.41) is 0.966. The fraction of sp³-hybridized carbons (Fsp3) is 0.571. The molecule has 1 heterocycles. The van der Waals surface area contributed by atoms with Crippen molar-refractivity contribution in [3.8, 4) is 0 Å². The highest BCUT2D eigenvalue weighted by Gasteiger charge is 2.28. The highest BCUT2D eigenvalue weighted by atomic mass is 32.2. The van der Waals surface area contributed by atoms with Crippen LogP contribution in [0.5, 0.6) is 0 Å². The van der Waals surface area contributed by atoms with E-state index in [0.29, 0.717) is 0 Å². The minimum absolute atomic E-state index is 0.803. The zero-order valence-electron chi connectivity index (χ0n) is 9.64. The van der Waals surface area contributed by atoms with Crippen LogP contribution in [0, 0.1) is 0 Å². The Bertz CT molecular complexity index is 326. The van der Waals surface area contributed by atoms with E-state index in [1.807, 2.05) is 0 Å². The normalized spacial score (nSPS) is 23.5. The van der Waals surface area contributed by atoms with Gasteiger partial charge in [0.1, 0.15) is 0 Å². The third-order valence-electron chi connectivity index (χ3n) is 3.55. The SMILES string of the molecule is c1ccc(C2CCN(SC3CC3)CC2)cc1. The van der Waals surface area contributed by atoms with Gasteiger partial charge in [0.05, 0.1) is 0 Å². The molecular formula is C14H19NS. The van der Waals surface area contributed by atoms with E-state index in [9.17, 15) is 0 Å². The maximum Gasteiger partial charge on any atom is 0.0196 e. The second-order valence-electron chi connectivity index (χ2n) is 4.92. The third kappa shape index (κ3) is 2.61. The number of benzene rings is 1. The van der Waals surface area contributed by atoms with Crippen molar-refractivity contribution in [1.82, 2.24) is 4.31 Å². The topological polar surface area (TPSA) is 3.24 Å². The molecule has 3 rings (SSSR count). The molecule has 0 radical (unpaired) electrons. The first-order valence-corrected chi connectivity index (χ1v) is 7.22. The summed E-state index contributed by atoms with van der Waals surface area (Å²) in [5.74, 6) is 0.803. The van der Waals surface area contributed by atoms with Crippen LogP contribution in [0.4, 0.5) is 0 Å². The molecule has 0 atom stereocenters. The first-order chi connectivity index (χ1) is 7.92. The van der Waals surface area contributed by atoms with E-state index in [1.54, 1.807) is 5.56 Å². The molecule has 86 valence electrons. The molecule has 2 fully saturated rings. The highest BCUT2D eigenvalue weighted by Crippen LogP contribution is 2.39. The molecule has 0 spiro atoms. The fourth-order valence-corrected chi connectivity index (χ4v) is 3.59. The molecule has 16 heavy (non-hydrogen) atoms. The average molecular weight is 233 g/mol. The first kappa shape index (κ1) is 10.7. The van der Waals surface area contributed by atoms with Crippen LogP contribution in [-0.4, -0.2) is 22.6 Å². The Balaban J connectivity index is 1.53. The maximum atomic E-state index is 2.59. The van der Waals surface area contributed by atoms with Crippen molar-refractivity contribution < 1.29 is 0 Å². The Labute approximate surface area is 102 Å². The largest absolute Gasteiger partial charge is 0.250 e. The van der Waals surface area contributed by atoms with Crippen molar-refractivity contribution in [1.29, 1.82) is 0 Å². The van der Waals surface area contributed by atoms with Crippen LogP contribution in [0.2, 0.25) is 0 Å². The number of piperidine rings is 1. The molecule has 1 aromatic rings. The zero-order chi connectivity index (χ0) is 10.8. The first-order valence-electron chi connectivity index (χ1n) is 6.38. The second-order valence-corrected chi connectivity index (χ2v) is 6.31. The van der Waals surface area contributed by atoms with Gasteiger partial charge in [-0.05, 0) is 37.2 Å². The minimum atomic E-state index is 0.803. The number of hydrogen-bond donors (Lipinski definition) is 0. The van der Waals surface area contributed by atoms with Gasteiger partial charge in [-0.15, -0.1) is 0 Å². The Morgan fingerprint density at radius 2 is 1.62 bits per heavy atom. The van der Waals surface area contributed by atoms with E-state index in [2.05, 4.69) is 46.6 Å². The Morgan fingerprint density at radius 3 is 2.25 bits per heavy atom. The Hall–Kier alpha value is -0.470. The summed E-state index contributed by atoms with van der Waals surface area (Å²) in [6, 6.07) is 11.0. The van der Waals surface area contributed by atoms with Crippen molar-refractivity contribution in [3.63, 3.8) is 0 Å². The molecule has 0 bridgehead atoms. The van der Waals surface area contributed by atoms with Crippen LogP contribution >= 0.6 is 11.9 Å². The van der Waals surface area contributed by atoms with Crippen molar-refractivity contribution in [2.45, 2.75) is 36.9 Å². The van der Waals surface area contributed by atoms with Crippen LogP contribution in [0.3, 0.4) is 0 Å². The zero-order valence-corrected chi connectivity index (χ0v) is 10.5. The van der Waals surface area contributed by atoms with Gasteiger partial charge in [-0.1, -0.05) is 42.3 Å². The van der Waals surface area contributed by atoms with E-state index >= 15 is 0 Å². The standard InChI is InChI=1S/C14H19NS/c1-2-4-12(5-3-1)13-8-10-15(11-9-13)16-14-6-7-14/h1-5,13-14H,6-11H2. The lowest BCUT2D eigenvalue weighted by Gasteiger charge is -2.31. The molecule has 0 unspecified atom stereocenters. The third-order valence-corrected chi connectivity index (χ3v) is 4.98. The van der Waals surface area contributed by atoms with Gasteiger partial charge in [0.2, 0.25) is 0 Å². The van der Waals surface area contributed by atoms with Crippen molar-refractivity contribution in [2.75, 3.05) is 13.1 Å². The van der Waals surface area contributed by atoms with Gasteiger partial charge in [0.25, 0.3) is 0 Å². The van der Waals surface area contributed by atoms with Gasteiger partial charge in [0.15, 0.2) is 0 Å². The summed E-state index contributed by atoms with van der Waals surface area (Å²) in [4.78, 5) is 0. The summed E-state index contributed by atoms with van der Waals surface area (Å²) in [5.41, 5.74) is 1.54. The van der Waals surface area contributed by atoms with Crippen LogP contribution in [0.1, 0.15) is 37.2 Å². The number of hydrogen-bond acceptors (Lipinski definition) is 2. The van der Waals surface area contributed by atoms with Crippen molar-refractivity contribution in [3.05, 3.63) is 35.9 Å². The molecule has 1 nitrogen and oxygen atoms in total. The Morgan fingerprint density at radius 1 is 0.938 bits per heavy atom. The van der Waals surface area contributed by atoms with E-state index in [0.717, 1.165) is 11.2 Å². The summed E-state index contributed by atoms with van der Waals surface area (Å²) < 4.78 is 2.59. The molecule has 1 aliphatic carbocycles. The van der Waals surface area contributed by atoms with Crippen LogP contribution in [0.25, 0.3) is 0 Å². The second kappa shape index (κ2) is 4.80. The van der Waals surface area contributed by atoms with Crippen LogP contribution < -0.4 is 0 Å². The minimum Gasteiger partial charge on any atom is -0.250 e. The molecular weight excluding hydrogens is 214 g/mol. The quantitative estimate of drug-likeness (QED) is 0.733. The molecule has 1 saturated carbocycles. The van der Waals surface area contributed by atoms with Crippen molar-refractivity contribution >= 4 is 11.9 Å². The molecule has 2 aliphatic rings. The van der Waals surface area contributed by atoms with Gasteiger partial charge < -0.3 is 0 Å². The highest BCUT2D eigenvalue weighted by molar-refractivity contribution is 7.97. The monoisotopic (exact) mass is 233 g/mol. The summed E-state index contributed by atoms with van der Waals surface area (Å²) in [6.45, 7) is 2.56. The van der Waals surface area contributed by atoms with E-state index in [4.69, 9.17) is 0 Å². The lowest BCUT2D eigenvalue weighted by Crippen LogP contribution is -2.28. The Kier molecular flexibility index (Phi) is 3.20. The number of nitrogens with zero attached hydrogens (tertiary/aromatic N) is 1. The van der Waals surface area contributed by atoms with Crippen molar-refractivity contribution in [2.24, 2.45) is 0 Å². The number of rotatable bonds is 3. The maximum absolute atomic E-state index is 2.59. The van der Waals surface area contributed by atoms with E-state index < -0.39 is 0 Å². The predicted molar refractivity (Wildman–Crippen MR) is 70.6 cm³/mol. The lowest BCUT2D eigenvalue weighted by molar-refractivity contribution is 0.346. The molecule has 0 amide bonds. The van der Waals surface area contributed by atoms with Crippen LogP contribution in [-0.2, 0) is 0 Å². The molecule has 2 heteroatoms. The molecule has 1 saturated heterocycles. The van der Waals surface area contributed by atoms with Gasteiger partial charge in [-0.2, -0.15) is 0 Å². The fourth-order valence-electron chi connectivity index (χ4n) is 2.40. The van der Waals surface area contributed by atoms with Gasteiger partial charge in [-0.25, -0.2) is 0 Å². The van der Waals surface area contributed by atoms with Gasteiger partial charge in [0, 0.05) is 18.3 Å². The van der Waals surface area contributed by atoms with Gasteiger partial charge in [-0.3, -0.25) is 4.31 Å². The molecule has 1 aromatic carbocycles. The molecule has 0 aromatic heterocycles. The average Bonchev–Trinajstić information content (AvgIpc) is 3.15. The molecule has 0 N–H and O–H groups in total. The summed E-state index contributed by atoms with van der Waals surface area (Å²) in [6.07, 6.45) is 5.57. The van der Waals surface area contributed by atoms with Gasteiger partial charge >= 0.3 is 0 Å². The van der Waals surface area contributed by atoms with E-state index in [-0.39, 0.29) is 0 Å². The molecule has 1 aliphatic heterocycles. The smallest absolute Gasteiger partial charge is 0.0196 e. The summed E-state index contributed by atoms with van der Waals surface area (Å²) in [7, 11) is 0. The van der Waals surface area contributed by atoms with E-state index in [1.165, 1.54) is 38.8 Å². The lowest BCUT2D eigenvalue weighted by atomic mass is 9.90.